The third-order valence-corrected chi connectivity index (χ3v) is 11.0. The number of hydrogen-bond donors (Lipinski definition) is 7. The second kappa shape index (κ2) is 18.8. The normalized spacial score (nSPS) is 18.0. The smallest absolute Gasteiger partial charge is 0.358 e. The summed E-state index contributed by atoms with van der Waals surface area (Å²) in [7, 11) is -4.64. The van der Waals surface area contributed by atoms with E-state index >= 15 is 0 Å². The number of aryl methyl sites for hydroxylation is 1. The van der Waals surface area contributed by atoms with Gasteiger partial charge in [0.25, 0.3) is 0 Å². The molecule has 3 aromatic rings. The van der Waals surface area contributed by atoms with Crippen molar-refractivity contribution >= 4 is 42.4 Å². The Labute approximate surface area is 322 Å². The van der Waals surface area contributed by atoms with E-state index in [1.54, 1.807) is 26.8 Å². The highest BCUT2D eigenvalue weighted by molar-refractivity contribution is 7.46. The summed E-state index contributed by atoms with van der Waals surface area (Å²) >= 11 is 0. The van der Waals surface area contributed by atoms with Crippen LogP contribution in [-0.2, 0) is 53.7 Å². The number of para-hydroxylation sites is 1. The van der Waals surface area contributed by atoms with Crippen molar-refractivity contribution in [1.29, 1.82) is 0 Å². The molecule has 0 fully saturated rings. The average Bonchev–Trinajstić information content (AvgIpc) is 3.51. The molecule has 13 nitrogen and oxygen atoms in total. The number of carbonyl (C=O) groups excluding carboxylic acids is 4. The van der Waals surface area contributed by atoms with Gasteiger partial charge in [-0.25, -0.2) is 8.96 Å². The zero-order valence-electron chi connectivity index (χ0n) is 31.7. The molecule has 1 aliphatic rings. The maximum Gasteiger partial charge on any atom is 0.469 e. The van der Waals surface area contributed by atoms with Gasteiger partial charge >= 0.3 is 14.0 Å². The van der Waals surface area contributed by atoms with Gasteiger partial charge in [-0.1, -0.05) is 70.9 Å². The van der Waals surface area contributed by atoms with Crippen molar-refractivity contribution in [1.82, 2.24) is 26.3 Å². The number of unbranched alkanes of at least 4 members (excludes halogenated alkanes) is 1. The van der Waals surface area contributed by atoms with Crippen molar-refractivity contribution in [2.45, 2.75) is 103 Å². The molecule has 2 aromatic carbocycles. The first-order valence-electron chi connectivity index (χ1n) is 18.6. The van der Waals surface area contributed by atoms with Crippen LogP contribution in [0.2, 0.25) is 0 Å². The maximum absolute atomic E-state index is 14.6. The zero-order chi connectivity index (χ0) is 41.4. The number of aromatic nitrogens is 1. The number of carbonyl (C=O) groups is 4. The predicted molar refractivity (Wildman–Crippen MR) is 199 cm³/mol. The Balaban J connectivity index is 1.66. The first-order chi connectivity index (χ1) is 26.3. The molecule has 0 saturated carbocycles. The van der Waals surface area contributed by atoms with Gasteiger partial charge in [-0.05, 0) is 60.8 Å². The van der Waals surface area contributed by atoms with Gasteiger partial charge in [0.2, 0.25) is 23.6 Å². The number of phosphoric ester groups is 1. The molecule has 4 rings (SSSR count). The number of H-pyrrole nitrogens is 1. The number of hydrogen-bond acceptors (Lipinski definition) is 6. The number of fused-ring (bicyclic) bond motifs is 3. The standard InChI is InChI=1S/C38H50F4N5O8P/c1-5-22(3)31(34(49)43-18-9-10-19-55-56(52,53)54)46-36(51)37(17-16-29-26(21-37)25-13-11-14-27(33(25)44-29)38(40,41)42)47-35(50)32(23(4)6-2)45-30(48)20-24-12-7-8-15-28(24)39/h7-8,11-15,22-23,31-32,44H,5-6,9-10,16-21H2,1-4H3,(H,43,49)(H,45,48)(H,46,51)(H,47,50)(H2,52,53,54)/t22?,23?,31?,32?,37-/m0/s1. The van der Waals surface area contributed by atoms with Gasteiger partial charge in [0.15, 0.2) is 0 Å². The van der Waals surface area contributed by atoms with E-state index in [0.717, 1.165) is 6.07 Å². The summed E-state index contributed by atoms with van der Waals surface area (Å²) in [6.07, 6.45) is -3.91. The average molecular weight is 812 g/mol. The Kier molecular flexibility index (Phi) is 14.9. The van der Waals surface area contributed by atoms with E-state index in [4.69, 9.17) is 9.79 Å². The van der Waals surface area contributed by atoms with Crippen molar-refractivity contribution in [2.24, 2.45) is 11.8 Å². The third kappa shape index (κ3) is 11.2. The topological polar surface area (TPSA) is 199 Å². The van der Waals surface area contributed by atoms with Gasteiger partial charge in [-0.3, -0.25) is 23.7 Å². The molecule has 0 radical (unpaired) electrons. The highest BCUT2D eigenvalue weighted by atomic mass is 31.2. The van der Waals surface area contributed by atoms with Crippen molar-refractivity contribution in [3.63, 3.8) is 0 Å². The second-order valence-electron chi connectivity index (χ2n) is 14.4. The molecule has 1 heterocycles. The minimum absolute atomic E-state index is 0.0551. The van der Waals surface area contributed by atoms with E-state index in [2.05, 4.69) is 30.8 Å². The monoisotopic (exact) mass is 811 g/mol. The van der Waals surface area contributed by atoms with E-state index in [-0.39, 0.29) is 61.7 Å². The summed E-state index contributed by atoms with van der Waals surface area (Å²) in [5, 5.41) is 11.3. The van der Waals surface area contributed by atoms with Gasteiger partial charge in [0.05, 0.1) is 24.1 Å². The zero-order valence-corrected chi connectivity index (χ0v) is 32.6. The number of rotatable bonds is 18. The van der Waals surface area contributed by atoms with Crippen molar-refractivity contribution in [3.8, 4) is 0 Å². The van der Waals surface area contributed by atoms with E-state index in [9.17, 15) is 41.3 Å². The molecule has 1 aliphatic carbocycles. The maximum atomic E-state index is 14.6. The van der Waals surface area contributed by atoms with E-state index < -0.39 is 78.5 Å². The lowest BCUT2D eigenvalue weighted by Crippen LogP contribution is -2.67. The Bertz CT molecular complexity index is 1930. The number of alkyl halides is 3. The van der Waals surface area contributed by atoms with Crippen LogP contribution in [0.4, 0.5) is 17.6 Å². The molecule has 4 amide bonds. The molecule has 0 bridgehead atoms. The van der Waals surface area contributed by atoms with Gasteiger partial charge in [0.1, 0.15) is 23.4 Å². The summed E-state index contributed by atoms with van der Waals surface area (Å²) in [6.45, 7) is 6.93. The molecule has 5 atom stereocenters. The second-order valence-corrected chi connectivity index (χ2v) is 15.7. The minimum Gasteiger partial charge on any atom is -0.358 e. The number of benzene rings is 2. The molecule has 56 heavy (non-hydrogen) atoms. The van der Waals surface area contributed by atoms with Crippen molar-refractivity contribution in [2.75, 3.05) is 13.2 Å². The lowest BCUT2D eigenvalue weighted by molar-refractivity contribution is -0.139. The van der Waals surface area contributed by atoms with Crippen LogP contribution in [0.5, 0.6) is 0 Å². The van der Waals surface area contributed by atoms with Crippen LogP contribution in [0, 0.1) is 17.7 Å². The van der Waals surface area contributed by atoms with E-state index in [1.165, 1.54) is 30.3 Å². The Morgan fingerprint density at radius 3 is 2.23 bits per heavy atom. The van der Waals surface area contributed by atoms with Gasteiger partial charge in [-0.2, -0.15) is 13.2 Å². The Morgan fingerprint density at radius 1 is 0.946 bits per heavy atom. The Hall–Kier alpha value is -4.31. The highest BCUT2D eigenvalue weighted by Crippen LogP contribution is 2.40. The molecule has 7 N–H and O–H groups in total. The van der Waals surface area contributed by atoms with Crippen LogP contribution in [0.1, 0.15) is 82.2 Å². The van der Waals surface area contributed by atoms with Crippen LogP contribution >= 0.6 is 7.82 Å². The molecule has 4 unspecified atom stereocenters. The van der Waals surface area contributed by atoms with Gasteiger partial charge in [0, 0.05) is 24.0 Å². The fraction of sp³-hybridized carbons (Fsp3) is 0.526. The predicted octanol–water partition coefficient (Wildman–Crippen LogP) is 4.98. The van der Waals surface area contributed by atoms with E-state index in [1.807, 2.05) is 6.92 Å². The number of nitrogens with one attached hydrogen (secondary N) is 5. The quantitative estimate of drug-likeness (QED) is 0.0530. The summed E-state index contributed by atoms with van der Waals surface area (Å²) in [6, 6.07) is 7.13. The summed E-state index contributed by atoms with van der Waals surface area (Å²) in [4.78, 5) is 76.3. The lowest BCUT2D eigenvalue weighted by atomic mass is 9.78. The molecule has 308 valence electrons. The molecule has 18 heteroatoms. The van der Waals surface area contributed by atoms with Crippen molar-refractivity contribution in [3.05, 3.63) is 70.7 Å². The molecule has 0 saturated heterocycles. The summed E-state index contributed by atoms with van der Waals surface area (Å²) in [5.74, 6) is -4.17. The molecule has 0 aliphatic heterocycles. The Morgan fingerprint density at radius 2 is 1.61 bits per heavy atom. The number of amides is 4. The van der Waals surface area contributed by atoms with Crippen LogP contribution in [0.3, 0.4) is 0 Å². The van der Waals surface area contributed by atoms with Gasteiger partial charge < -0.3 is 36.0 Å². The SMILES string of the molecule is CCC(C)C(NC(=O)Cc1ccccc1F)C(=O)N[C@@]1(C(=O)NC(C(=O)NCCCCOP(=O)(O)O)C(C)CC)CCc2[nH]c3c(C(F)(F)F)cccc3c2C1. The minimum atomic E-state index is -4.68. The highest BCUT2D eigenvalue weighted by Gasteiger charge is 2.47. The molecule has 1 aromatic heterocycles. The van der Waals surface area contributed by atoms with Crippen LogP contribution in [0.15, 0.2) is 42.5 Å². The molecular weight excluding hydrogens is 761 g/mol. The third-order valence-electron chi connectivity index (χ3n) is 10.4. The van der Waals surface area contributed by atoms with Gasteiger partial charge in [-0.15, -0.1) is 0 Å². The molecular formula is C38H50F4N5O8P. The fourth-order valence-electron chi connectivity index (χ4n) is 6.83. The van der Waals surface area contributed by atoms with Crippen LogP contribution in [0.25, 0.3) is 10.9 Å². The number of aromatic amines is 1. The first kappa shape index (κ1) is 44.4. The number of halogens is 4. The lowest BCUT2D eigenvalue weighted by Gasteiger charge is -2.39. The number of phosphoric acid groups is 1. The first-order valence-corrected chi connectivity index (χ1v) is 20.2. The largest absolute Gasteiger partial charge is 0.469 e. The van der Waals surface area contributed by atoms with Crippen LogP contribution in [-0.4, -0.2) is 69.2 Å². The van der Waals surface area contributed by atoms with Crippen molar-refractivity contribution < 1.29 is 55.6 Å². The summed E-state index contributed by atoms with van der Waals surface area (Å²) in [5.41, 5.74) is -1.87. The molecule has 0 spiro atoms. The summed E-state index contributed by atoms with van der Waals surface area (Å²) < 4.78 is 71.9. The fourth-order valence-corrected chi connectivity index (χ4v) is 7.20. The van der Waals surface area contributed by atoms with Crippen LogP contribution < -0.4 is 21.3 Å². The van der Waals surface area contributed by atoms with E-state index in [0.29, 0.717) is 30.5 Å².